The second-order valence-electron chi connectivity index (χ2n) is 4.04. The van der Waals surface area contributed by atoms with Crippen molar-refractivity contribution >= 4 is 0 Å². The zero-order chi connectivity index (χ0) is 8.97. The first-order valence-corrected chi connectivity index (χ1v) is 5.13. The summed E-state index contributed by atoms with van der Waals surface area (Å²) in [4.78, 5) is 0. The second-order valence-corrected chi connectivity index (χ2v) is 4.04. The lowest BCUT2D eigenvalue weighted by Gasteiger charge is -2.13. The lowest BCUT2D eigenvalue weighted by atomic mass is 10.1. The number of aliphatic hydroxyl groups excluding tert-OH is 1. The third-order valence-electron chi connectivity index (χ3n) is 2.82. The highest BCUT2D eigenvalue weighted by Crippen LogP contribution is 2.27. The van der Waals surface area contributed by atoms with Crippen molar-refractivity contribution in [1.29, 1.82) is 0 Å². The average Bonchev–Trinajstić information content (AvgIpc) is 2.48. The van der Waals surface area contributed by atoms with Crippen LogP contribution in [-0.4, -0.2) is 23.8 Å². The minimum atomic E-state index is -0.203. The van der Waals surface area contributed by atoms with Crippen LogP contribution in [0.15, 0.2) is 0 Å². The van der Waals surface area contributed by atoms with Crippen LogP contribution in [0.5, 0.6) is 0 Å². The summed E-state index contributed by atoms with van der Waals surface area (Å²) in [6.45, 7) is 4.85. The number of rotatable bonds is 4. The van der Waals surface area contributed by atoms with Gasteiger partial charge in [-0.1, -0.05) is 13.3 Å². The molecule has 1 aliphatic carbocycles. The third-order valence-corrected chi connectivity index (χ3v) is 2.82. The van der Waals surface area contributed by atoms with E-state index in [1.54, 1.807) is 0 Å². The van der Waals surface area contributed by atoms with E-state index in [1.165, 1.54) is 25.7 Å². The maximum Gasteiger partial charge on any atom is 0.0636 e. The fourth-order valence-electron chi connectivity index (χ4n) is 1.97. The number of hydrogen-bond donors (Lipinski definition) is 2. The van der Waals surface area contributed by atoms with E-state index in [0.29, 0.717) is 6.04 Å². The van der Waals surface area contributed by atoms with Crippen molar-refractivity contribution in [2.24, 2.45) is 5.92 Å². The van der Waals surface area contributed by atoms with Gasteiger partial charge in [-0.2, -0.15) is 0 Å². The van der Waals surface area contributed by atoms with Gasteiger partial charge in [0.25, 0.3) is 0 Å². The van der Waals surface area contributed by atoms with Gasteiger partial charge in [-0.15, -0.1) is 0 Å². The van der Waals surface area contributed by atoms with E-state index in [-0.39, 0.29) is 6.10 Å². The van der Waals surface area contributed by atoms with Gasteiger partial charge < -0.3 is 10.4 Å². The minimum Gasteiger partial charge on any atom is -0.392 e. The summed E-state index contributed by atoms with van der Waals surface area (Å²) in [6.07, 6.45) is 5.08. The van der Waals surface area contributed by atoms with Crippen LogP contribution in [0.2, 0.25) is 0 Å². The Morgan fingerprint density at radius 1 is 1.50 bits per heavy atom. The van der Waals surface area contributed by atoms with Gasteiger partial charge in [-0.25, -0.2) is 0 Å². The molecular weight excluding hydrogens is 150 g/mol. The lowest BCUT2D eigenvalue weighted by Crippen LogP contribution is -2.32. The summed E-state index contributed by atoms with van der Waals surface area (Å²) in [5, 5.41) is 12.5. The van der Waals surface area contributed by atoms with Crippen LogP contribution in [0.4, 0.5) is 0 Å². The SMILES string of the molecule is CCC1CCC(NC[C@@H](C)O)C1. The topological polar surface area (TPSA) is 32.3 Å². The summed E-state index contributed by atoms with van der Waals surface area (Å²) in [5.41, 5.74) is 0. The molecule has 12 heavy (non-hydrogen) atoms. The molecule has 0 aromatic heterocycles. The van der Waals surface area contributed by atoms with Gasteiger partial charge in [0.05, 0.1) is 6.10 Å². The van der Waals surface area contributed by atoms with Gasteiger partial charge in [0.2, 0.25) is 0 Å². The van der Waals surface area contributed by atoms with Gasteiger partial charge in [0.15, 0.2) is 0 Å². The molecule has 0 spiro atoms. The third kappa shape index (κ3) is 3.11. The standard InChI is InChI=1S/C10H21NO/c1-3-9-4-5-10(6-9)11-7-8(2)12/h8-12H,3-7H2,1-2H3/t8-,9?,10?/m1/s1. The largest absolute Gasteiger partial charge is 0.392 e. The Balaban J connectivity index is 2.11. The van der Waals surface area contributed by atoms with Crippen LogP contribution >= 0.6 is 0 Å². The molecule has 0 amide bonds. The monoisotopic (exact) mass is 171 g/mol. The maximum absolute atomic E-state index is 9.07. The molecule has 2 nitrogen and oxygen atoms in total. The highest BCUT2D eigenvalue weighted by atomic mass is 16.3. The molecule has 0 aromatic rings. The predicted molar refractivity (Wildman–Crippen MR) is 51.1 cm³/mol. The van der Waals surface area contributed by atoms with Crippen molar-refractivity contribution < 1.29 is 5.11 Å². The van der Waals surface area contributed by atoms with Crippen molar-refractivity contribution in [2.75, 3.05) is 6.54 Å². The second kappa shape index (κ2) is 4.83. The first kappa shape index (κ1) is 10.0. The number of hydrogen-bond acceptors (Lipinski definition) is 2. The van der Waals surface area contributed by atoms with Crippen molar-refractivity contribution in [2.45, 2.75) is 51.7 Å². The van der Waals surface area contributed by atoms with Crippen LogP contribution in [0.3, 0.4) is 0 Å². The van der Waals surface area contributed by atoms with Crippen molar-refractivity contribution in [3.05, 3.63) is 0 Å². The summed E-state index contributed by atoms with van der Waals surface area (Å²) in [7, 11) is 0. The zero-order valence-electron chi connectivity index (χ0n) is 8.21. The van der Waals surface area contributed by atoms with E-state index in [9.17, 15) is 0 Å². The normalized spacial score (nSPS) is 32.2. The molecule has 0 saturated heterocycles. The van der Waals surface area contributed by atoms with Gasteiger partial charge in [0.1, 0.15) is 0 Å². The minimum absolute atomic E-state index is 0.203. The van der Waals surface area contributed by atoms with Crippen LogP contribution in [0, 0.1) is 5.92 Å². The maximum atomic E-state index is 9.07. The van der Waals surface area contributed by atoms with E-state index < -0.39 is 0 Å². The van der Waals surface area contributed by atoms with Crippen LogP contribution in [-0.2, 0) is 0 Å². The molecule has 1 aliphatic rings. The molecule has 0 radical (unpaired) electrons. The van der Waals surface area contributed by atoms with Gasteiger partial charge in [-0.05, 0) is 32.1 Å². The van der Waals surface area contributed by atoms with Crippen molar-refractivity contribution in [3.8, 4) is 0 Å². The van der Waals surface area contributed by atoms with E-state index in [1.807, 2.05) is 6.92 Å². The smallest absolute Gasteiger partial charge is 0.0636 e. The quantitative estimate of drug-likeness (QED) is 0.672. The molecule has 0 aromatic carbocycles. The Kier molecular flexibility index (Phi) is 4.02. The van der Waals surface area contributed by atoms with Crippen LogP contribution in [0.25, 0.3) is 0 Å². The Morgan fingerprint density at radius 3 is 2.75 bits per heavy atom. The zero-order valence-corrected chi connectivity index (χ0v) is 8.21. The van der Waals surface area contributed by atoms with Gasteiger partial charge in [-0.3, -0.25) is 0 Å². The number of aliphatic hydroxyl groups is 1. The molecule has 0 aliphatic heterocycles. The molecule has 1 fully saturated rings. The van der Waals surface area contributed by atoms with E-state index in [0.717, 1.165) is 12.5 Å². The molecule has 1 saturated carbocycles. The molecule has 2 N–H and O–H groups in total. The summed E-state index contributed by atoms with van der Waals surface area (Å²) in [6, 6.07) is 0.671. The van der Waals surface area contributed by atoms with Crippen molar-refractivity contribution in [3.63, 3.8) is 0 Å². The van der Waals surface area contributed by atoms with Crippen LogP contribution < -0.4 is 5.32 Å². The average molecular weight is 171 g/mol. The molecule has 0 bridgehead atoms. The Labute approximate surface area is 75.4 Å². The van der Waals surface area contributed by atoms with E-state index in [2.05, 4.69) is 12.2 Å². The molecule has 2 heteroatoms. The Hall–Kier alpha value is -0.0800. The van der Waals surface area contributed by atoms with E-state index in [4.69, 9.17) is 5.11 Å². The summed E-state index contributed by atoms with van der Waals surface area (Å²) < 4.78 is 0. The Morgan fingerprint density at radius 2 is 2.25 bits per heavy atom. The first-order chi connectivity index (χ1) is 5.72. The lowest BCUT2D eigenvalue weighted by molar-refractivity contribution is 0.186. The molecule has 0 heterocycles. The fourth-order valence-corrected chi connectivity index (χ4v) is 1.97. The van der Waals surface area contributed by atoms with Crippen molar-refractivity contribution in [1.82, 2.24) is 5.32 Å². The number of nitrogens with one attached hydrogen (secondary N) is 1. The molecule has 72 valence electrons. The highest BCUT2D eigenvalue weighted by Gasteiger charge is 2.22. The molecule has 2 unspecified atom stereocenters. The Bertz CT molecular complexity index is 125. The molecule has 1 rings (SSSR count). The highest BCUT2D eigenvalue weighted by molar-refractivity contribution is 4.80. The molecular formula is C10H21NO. The summed E-state index contributed by atoms with van der Waals surface area (Å²) in [5.74, 6) is 0.927. The van der Waals surface area contributed by atoms with E-state index >= 15 is 0 Å². The fraction of sp³-hybridized carbons (Fsp3) is 1.00. The summed E-state index contributed by atoms with van der Waals surface area (Å²) >= 11 is 0. The predicted octanol–water partition coefficient (Wildman–Crippen LogP) is 1.54. The van der Waals surface area contributed by atoms with Gasteiger partial charge >= 0.3 is 0 Å². The first-order valence-electron chi connectivity index (χ1n) is 5.13. The molecule has 3 atom stereocenters. The van der Waals surface area contributed by atoms with Gasteiger partial charge in [0, 0.05) is 12.6 Å². The van der Waals surface area contributed by atoms with Crippen LogP contribution in [0.1, 0.15) is 39.5 Å².